The minimum atomic E-state index is -0.291. The van der Waals surface area contributed by atoms with Gasteiger partial charge in [-0.1, -0.05) is 0 Å². The summed E-state index contributed by atoms with van der Waals surface area (Å²) in [4.78, 5) is 12.2. The van der Waals surface area contributed by atoms with E-state index in [1.165, 1.54) is 18.4 Å². The molecular weight excluding hydrogens is 220 g/mol. The van der Waals surface area contributed by atoms with Gasteiger partial charge in [-0.2, -0.15) is 0 Å². The molecule has 0 fully saturated rings. The molecule has 0 bridgehead atoms. The first-order chi connectivity index (χ1) is 8.09. The van der Waals surface area contributed by atoms with Gasteiger partial charge in [-0.15, -0.1) is 0 Å². The fourth-order valence-corrected chi connectivity index (χ4v) is 2.31. The Hall–Kier alpha value is -2.23. The minimum Gasteiger partial charge on any atom is -0.508 e. The van der Waals surface area contributed by atoms with Gasteiger partial charge in [-0.05, 0) is 19.1 Å². The van der Waals surface area contributed by atoms with E-state index >= 15 is 0 Å². The minimum absolute atomic E-state index is 0.0238. The SMILES string of the molecule is Cc1occ2c1C(=O)c1c(O)ccc(O)c1C2. The lowest BCUT2D eigenvalue weighted by molar-refractivity contribution is 0.103. The van der Waals surface area contributed by atoms with Gasteiger partial charge < -0.3 is 14.6 Å². The van der Waals surface area contributed by atoms with E-state index < -0.39 is 0 Å². The lowest BCUT2D eigenvalue weighted by Crippen LogP contribution is -2.14. The van der Waals surface area contributed by atoms with Crippen molar-refractivity contribution in [3.05, 3.63) is 46.4 Å². The third-order valence-corrected chi connectivity index (χ3v) is 3.14. The van der Waals surface area contributed by atoms with E-state index in [9.17, 15) is 15.0 Å². The molecule has 86 valence electrons. The van der Waals surface area contributed by atoms with Crippen LogP contribution in [0.15, 0.2) is 22.8 Å². The van der Waals surface area contributed by atoms with Crippen molar-refractivity contribution >= 4 is 5.78 Å². The molecule has 1 aromatic carbocycles. The summed E-state index contributed by atoms with van der Waals surface area (Å²) in [5.41, 5.74) is 1.89. The Morgan fingerprint density at radius 2 is 1.88 bits per heavy atom. The van der Waals surface area contributed by atoms with E-state index in [1.807, 2.05) is 0 Å². The molecule has 0 unspecified atom stereocenters. The fourth-order valence-electron chi connectivity index (χ4n) is 2.31. The second kappa shape index (κ2) is 3.13. The number of carbonyl (C=O) groups is 1. The molecular formula is C13H10O4. The number of hydrogen-bond acceptors (Lipinski definition) is 4. The van der Waals surface area contributed by atoms with Crippen LogP contribution in [0.2, 0.25) is 0 Å². The summed E-state index contributed by atoms with van der Waals surface area (Å²) in [6.45, 7) is 1.71. The van der Waals surface area contributed by atoms with Gasteiger partial charge in [0.05, 0.1) is 17.4 Å². The lowest BCUT2D eigenvalue weighted by Gasteiger charge is -2.17. The summed E-state index contributed by atoms with van der Waals surface area (Å²) < 4.78 is 5.21. The normalized spacial score (nSPS) is 13.4. The van der Waals surface area contributed by atoms with Gasteiger partial charge in [0, 0.05) is 17.5 Å². The Kier molecular flexibility index (Phi) is 1.84. The number of rotatable bonds is 0. The Morgan fingerprint density at radius 1 is 1.18 bits per heavy atom. The predicted molar refractivity (Wildman–Crippen MR) is 59.5 cm³/mol. The second-order valence-corrected chi connectivity index (χ2v) is 4.16. The van der Waals surface area contributed by atoms with Crippen LogP contribution in [-0.2, 0) is 6.42 Å². The molecule has 0 radical (unpaired) electrons. The Labute approximate surface area is 97.1 Å². The van der Waals surface area contributed by atoms with Gasteiger partial charge in [-0.25, -0.2) is 0 Å². The van der Waals surface area contributed by atoms with E-state index in [2.05, 4.69) is 0 Å². The summed E-state index contributed by atoms with van der Waals surface area (Å²) in [5.74, 6) is 0.170. The van der Waals surface area contributed by atoms with Crippen molar-refractivity contribution in [1.29, 1.82) is 0 Å². The molecule has 0 saturated heterocycles. The smallest absolute Gasteiger partial charge is 0.200 e. The number of aromatic hydroxyl groups is 2. The first kappa shape index (κ1) is 9.96. The zero-order chi connectivity index (χ0) is 12.2. The number of carbonyl (C=O) groups excluding carboxylic acids is 1. The van der Waals surface area contributed by atoms with Crippen LogP contribution < -0.4 is 0 Å². The molecule has 1 aromatic heterocycles. The molecule has 17 heavy (non-hydrogen) atoms. The third-order valence-electron chi connectivity index (χ3n) is 3.14. The highest BCUT2D eigenvalue weighted by Crippen LogP contribution is 2.38. The number of phenolic OH excluding ortho intramolecular Hbond substituents is 2. The lowest BCUT2D eigenvalue weighted by atomic mass is 9.85. The van der Waals surface area contributed by atoms with Gasteiger partial charge in [0.2, 0.25) is 5.78 Å². The molecule has 0 spiro atoms. The molecule has 2 N–H and O–H groups in total. The summed E-state index contributed by atoms with van der Waals surface area (Å²) in [7, 11) is 0. The molecule has 2 aromatic rings. The van der Waals surface area contributed by atoms with Crippen LogP contribution in [0.4, 0.5) is 0 Å². The number of fused-ring (bicyclic) bond motifs is 2. The maximum Gasteiger partial charge on any atom is 0.200 e. The molecule has 0 amide bonds. The molecule has 4 nitrogen and oxygen atoms in total. The van der Waals surface area contributed by atoms with Crippen molar-refractivity contribution in [3.63, 3.8) is 0 Å². The van der Waals surface area contributed by atoms with Crippen LogP contribution in [0.3, 0.4) is 0 Å². The average Bonchev–Trinajstić information content (AvgIpc) is 2.66. The predicted octanol–water partition coefficient (Wildman–Crippen LogP) is 2.13. The number of aryl methyl sites for hydroxylation is 1. The molecule has 1 aliphatic carbocycles. The van der Waals surface area contributed by atoms with E-state index in [-0.39, 0.29) is 22.8 Å². The van der Waals surface area contributed by atoms with E-state index in [4.69, 9.17) is 4.42 Å². The number of benzene rings is 1. The van der Waals surface area contributed by atoms with Crippen LogP contribution in [0.5, 0.6) is 11.5 Å². The largest absolute Gasteiger partial charge is 0.508 e. The van der Waals surface area contributed by atoms with Gasteiger partial charge in [-0.3, -0.25) is 4.79 Å². The first-order valence-corrected chi connectivity index (χ1v) is 5.25. The molecule has 0 saturated carbocycles. The average molecular weight is 230 g/mol. The van der Waals surface area contributed by atoms with Crippen molar-refractivity contribution in [2.45, 2.75) is 13.3 Å². The zero-order valence-electron chi connectivity index (χ0n) is 9.15. The highest BCUT2D eigenvalue weighted by Gasteiger charge is 2.31. The Morgan fingerprint density at radius 3 is 2.65 bits per heavy atom. The maximum atomic E-state index is 12.2. The number of ketones is 1. The van der Waals surface area contributed by atoms with Gasteiger partial charge in [0.1, 0.15) is 17.3 Å². The second-order valence-electron chi connectivity index (χ2n) is 4.16. The van der Waals surface area contributed by atoms with Gasteiger partial charge in [0.25, 0.3) is 0 Å². The van der Waals surface area contributed by atoms with E-state index in [0.29, 0.717) is 23.3 Å². The summed E-state index contributed by atoms with van der Waals surface area (Å²) in [6, 6.07) is 2.71. The summed E-state index contributed by atoms with van der Waals surface area (Å²) in [6.07, 6.45) is 1.92. The fraction of sp³-hybridized carbons (Fsp3) is 0.154. The molecule has 0 atom stereocenters. The number of phenols is 2. The first-order valence-electron chi connectivity index (χ1n) is 5.25. The highest BCUT2D eigenvalue weighted by molar-refractivity contribution is 6.14. The van der Waals surface area contributed by atoms with E-state index in [1.54, 1.807) is 6.92 Å². The van der Waals surface area contributed by atoms with Crippen molar-refractivity contribution in [1.82, 2.24) is 0 Å². The standard InChI is InChI=1S/C13H10O4/c1-6-11-7(5-17-6)4-8-9(14)2-3-10(15)12(8)13(11)16/h2-3,5,14-15H,4H2,1H3. The molecule has 1 aliphatic rings. The third kappa shape index (κ3) is 1.21. The number of hydrogen-bond donors (Lipinski definition) is 2. The monoisotopic (exact) mass is 230 g/mol. The Bertz CT molecular complexity index is 637. The van der Waals surface area contributed by atoms with Crippen molar-refractivity contribution < 1.29 is 19.4 Å². The zero-order valence-corrected chi connectivity index (χ0v) is 9.15. The molecule has 3 rings (SSSR count). The van der Waals surface area contributed by atoms with Gasteiger partial charge >= 0.3 is 0 Å². The van der Waals surface area contributed by atoms with Crippen molar-refractivity contribution in [2.75, 3.05) is 0 Å². The molecule has 1 heterocycles. The van der Waals surface area contributed by atoms with Crippen molar-refractivity contribution in [3.8, 4) is 11.5 Å². The summed E-state index contributed by atoms with van der Waals surface area (Å²) in [5, 5.41) is 19.5. The Balaban J connectivity index is 2.32. The van der Waals surface area contributed by atoms with Crippen LogP contribution in [0.25, 0.3) is 0 Å². The van der Waals surface area contributed by atoms with E-state index in [0.717, 1.165) is 5.56 Å². The van der Waals surface area contributed by atoms with Crippen LogP contribution >= 0.6 is 0 Å². The topological polar surface area (TPSA) is 70.7 Å². The van der Waals surface area contributed by atoms with Crippen LogP contribution in [0, 0.1) is 6.92 Å². The molecule has 4 heteroatoms. The van der Waals surface area contributed by atoms with Crippen LogP contribution in [0.1, 0.15) is 32.8 Å². The van der Waals surface area contributed by atoms with Crippen molar-refractivity contribution in [2.24, 2.45) is 0 Å². The van der Waals surface area contributed by atoms with Gasteiger partial charge in [0.15, 0.2) is 0 Å². The summed E-state index contributed by atoms with van der Waals surface area (Å²) >= 11 is 0. The maximum absolute atomic E-state index is 12.2. The number of furan rings is 1. The molecule has 0 aliphatic heterocycles. The quantitative estimate of drug-likeness (QED) is 0.580. The van der Waals surface area contributed by atoms with Crippen LogP contribution in [-0.4, -0.2) is 16.0 Å². The highest BCUT2D eigenvalue weighted by atomic mass is 16.3.